The predicted octanol–water partition coefficient (Wildman–Crippen LogP) is 1.92. The number of sulfonamides is 1. The van der Waals surface area contributed by atoms with Crippen LogP contribution in [0.4, 0.5) is 0 Å². The number of nitrogens with zero attached hydrogens (tertiary/aromatic N) is 3. The number of carbonyl (C=O) groups is 1. The second-order valence-corrected chi connectivity index (χ2v) is 7.88. The van der Waals surface area contributed by atoms with Gasteiger partial charge in [0.25, 0.3) is 0 Å². The topological polar surface area (TPSA) is 83.7 Å². The second-order valence-electron chi connectivity index (χ2n) is 5.39. The standard InChI is InChI=1S/C15H18ClN3O4S/c1-11-8-13(17-23-11)9-18(2)15(20)10-19(3)24(21,22)14-6-4-12(16)5-7-14/h4-8H,9-10H2,1-3H3. The van der Waals surface area contributed by atoms with Gasteiger partial charge in [-0.15, -0.1) is 0 Å². The number of rotatable bonds is 6. The molecule has 0 saturated heterocycles. The molecule has 1 heterocycles. The summed E-state index contributed by atoms with van der Waals surface area (Å²) in [6.07, 6.45) is 0. The van der Waals surface area contributed by atoms with E-state index in [1.807, 2.05) is 0 Å². The zero-order valence-electron chi connectivity index (χ0n) is 13.6. The third-order valence-corrected chi connectivity index (χ3v) is 5.45. The summed E-state index contributed by atoms with van der Waals surface area (Å²) < 4.78 is 30.8. The lowest BCUT2D eigenvalue weighted by Crippen LogP contribution is -2.39. The van der Waals surface area contributed by atoms with E-state index >= 15 is 0 Å². The molecule has 9 heteroatoms. The molecule has 0 aliphatic rings. The summed E-state index contributed by atoms with van der Waals surface area (Å²) in [6.45, 7) is 1.72. The Hall–Kier alpha value is -1.90. The molecule has 0 N–H and O–H groups in total. The van der Waals surface area contributed by atoms with Crippen molar-refractivity contribution in [2.45, 2.75) is 18.4 Å². The van der Waals surface area contributed by atoms with Crippen LogP contribution in [0, 0.1) is 6.92 Å². The van der Waals surface area contributed by atoms with E-state index in [1.54, 1.807) is 20.0 Å². The van der Waals surface area contributed by atoms with Crippen LogP contribution in [0.2, 0.25) is 5.02 Å². The first-order valence-electron chi connectivity index (χ1n) is 7.08. The second kappa shape index (κ2) is 7.33. The van der Waals surface area contributed by atoms with Crippen molar-refractivity contribution in [2.75, 3.05) is 20.6 Å². The highest BCUT2D eigenvalue weighted by Gasteiger charge is 2.24. The number of likely N-dealkylation sites (N-methyl/N-ethyl adjacent to an activating group) is 2. The Kier molecular flexibility index (Phi) is 5.63. The molecule has 1 amide bonds. The monoisotopic (exact) mass is 371 g/mol. The maximum Gasteiger partial charge on any atom is 0.243 e. The lowest BCUT2D eigenvalue weighted by Gasteiger charge is -2.21. The van der Waals surface area contributed by atoms with Crippen LogP contribution in [0.1, 0.15) is 11.5 Å². The van der Waals surface area contributed by atoms with Crippen LogP contribution in [0.5, 0.6) is 0 Å². The summed E-state index contributed by atoms with van der Waals surface area (Å²) in [5.74, 6) is 0.295. The summed E-state index contributed by atoms with van der Waals surface area (Å²) in [6, 6.07) is 7.51. The lowest BCUT2D eigenvalue weighted by atomic mass is 10.3. The van der Waals surface area contributed by atoms with Gasteiger partial charge in [0.2, 0.25) is 15.9 Å². The zero-order valence-corrected chi connectivity index (χ0v) is 15.1. The molecule has 0 radical (unpaired) electrons. The molecule has 1 aromatic carbocycles. The minimum atomic E-state index is -3.76. The third-order valence-electron chi connectivity index (χ3n) is 3.38. The summed E-state index contributed by atoms with van der Waals surface area (Å²) in [4.78, 5) is 13.7. The quantitative estimate of drug-likeness (QED) is 0.774. The molecule has 0 fully saturated rings. The van der Waals surface area contributed by atoms with Gasteiger partial charge in [0.15, 0.2) is 0 Å². The van der Waals surface area contributed by atoms with E-state index in [0.717, 1.165) is 4.31 Å². The number of halogens is 1. The van der Waals surface area contributed by atoms with E-state index in [-0.39, 0.29) is 23.9 Å². The van der Waals surface area contributed by atoms with Crippen molar-refractivity contribution in [2.24, 2.45) is 0 Å². The number of carbonyl (C=O) groups excluding carboxylic acids is 1. The molecule has 0 bridgehead atoms. The van der Waals surface area contributed by atoms with Gasteiger partial charge in [0.1, 0.15) is 11.5 Å². The van der Waals surface area contributed by atoms with Crippen LogP contribution in [-0.4, -0.2) is 49.3 Å². The number of hydrogen-bond acceptors (Lipinski definition) is 5. The molecule has 0 saturated carbocycles. The molecule has 24 heavy (non-hydrogen) atoms. The molecule has 130 valence electrons. The Morgan fingerprint density at radius 3 is 2.42 bits per heavy atom. The Morgan fingerprint density at radius 2 is 1.88 bits per heavy atom. The molecule has 0 aliphatic heterocycles. The summed E-state index contributed by atoms with van der Waals surface area (Å²) in [5.41, 5.74) is 0.603. The fourth-order valence-corrected chi connectivity index (χ4v) is 3.25. The Balaban J connectivity index is 2.03. The zero-order chi connectivity index (χ0) is 17.9. The number of amides is 1. The number of hydrogen-bond donors (Lipinski definition) is 0. The van der Waals surface area contributed by atoms with Crippen LogP contribution in [0.15, 0.2) is 39.8 Å². The average Bonchev–Trinajstić information content (AvgIpc) is 2.92. The van der Waals surface area contributed by atoms with Crippen molar-refractivity contribution < 1.29 is 17.7 Å². The van der Waals surface area contributed by atoms with Gasteiger partial charge in [-0.05, 0) is 31.2 Å². The molecular formula is C15H18ClN3O4S. The molecule has 1 aromatic heterocycles. The maximum absolute atomic E-state index is 12.4. The van der Waals surface area contributed by atoms with Crippen LogP contribution >= 0.6 is 11.6 Å². The van der Waals surface area contributed by atoms with Gasteiger partial charge in [-0.2, -0.15) is 4.31 Å². The summed E-state index contributed by atoms with van der Waals surface area (Å²) in [7, 11) is -0.824. The number of aromatic nitrogens is 1. The Morgan fingerprint density at radius 1 is 1.25 bits per heavy atom. The van der Waals surface area contributed by atoms with Crippen LogP contribution < -0.4 is 0 Å². The van der Waals surface area contributed by atoms with E-state index in [0.29, 0.717) is 16.5 Å². The van der Waals surface area contributed by atoms with E-state index in [9.17, 15) is 13.2 Å². The summed E-state index contributed by atoms with van der Waals surface area (Å²) in [5, 5.41) is 4.25. The van der Waals surface area contributed by atoms with Gasteiger partial charge < -0.3 is 9.42 Å². The number of aryl methyl sites for hydroxylation is 1. The van der Waals surface area contributed by atoms with Crippen LogP contribution in [0.25, 0.3) is 0 Å². The van der Waals surface area contributed by atoms with Crippen molar-refractivity contribution >= 4 is 27.5 Å². The molecule has 0 unspecified atom stereocenters. The first kappa shape index (κ1) is 18.4. The van der Waals surface area contributed by atoms with Gasteiger partial charge in [-0.1, -0.05) is 16.8 Å². The van der Waals surface area contributed by atoms with Crippen molar-refractivity contribution in [3.8, 4) is 0 Å². The average molecular weight is 372 g/mol. The van der Waals surface area contributed by atoms with Gasteiger partial charge in [0, 0.05) is 25.2 Å². The molecule has 2 rings (SSSR count). The highest BCUT2D eigenvalue weighted by molar-refractivity contribution is 7.89. The molecule has 2 aromatic rings. The molecule has 7 nitrogen and oxygen atoms in total. The largest absolute Gasteiger partial charge is 0.361 e. The van der Waals surface area contributed by atoms with E-state index in [2.05, 4.69) is 5.16 Å². The van der Waals surface area contributed by atoms with Crippen molar-refractivity contribution in [3.05, 3.63) is 46.8 Å². The highest BCUT2D eigenvalue weighted by Crippen LogP contribution is 2.17. The smallest absolute Gasteiger partial charge is 0.243 e. The van der Waals surface area contributed by atoms with E-state index in [1.165, 1.54) is 36.2 Å². The van der Waals surface area contributed by atoms with Crippen LogP contribution in [0.3, 0.4) is 0 Å². The Bertz CT molecular complexity index is 817. The van der Waals surface area contributed by atoms with E-state index < -0.39 is 10.0 Å². The third kappa shape index (κ3) is 4.34. The van der Waals surface area contributed by atoms with Gasteiger partial charge in [-0.25, -0.2) is 8.42 Å². The predicted molar refractivity (Wildman–Crippen MR) is 89.0 cm³/mol. The molecule has 0 spiro atoms. The van der Waals surface area contributed by atoms with Gasteiger partial charge in [0.05, 0.1) is 18.0 Å². The van der Waals surface area contributed by atoms with Crippen LogP contribution in [-0.2, 0) is 21.4 Å². The Labute approximate surface area is 145 Å². The SMILES string of the molecule is Cc1cc(CN(C)C(=O)CN(C)S(=O)(=O)c2ccc(Cl)cc2)no1. The van der Waals surface area contributed by atoms with Gasteiger partial charge >= 0.3 is 0 Å². The first-order chi connectivity index (χ1) is 11.2. The van der Waals surface area contributed by atoms with Gasteiger partial charge in [-0.3, -0.25) is 4.79 Å². The summed E-state index contributed by atoms with van der Waals surface area (Å²) >= 11 is 5.76. The fourth-order valence-electron chi connectivity index (χ4n) is 2.01. The highest BCUT2D eigenvalue weighted by atomic mass is 35.5. The molecular weight excluding hydrogens is 354 g/mol. The minimum Gasteiger partial charge on any atom is -0.361 e. The minimum absolute atomic E-state index is 0.0805. The molecule has 0 aliphatic carbocycles. The van der Waals surface area contributed by atoms with Crippen molar-refractivity contribution in [1.82, 2.24) is 14.4 Å². The molecule has 0 atom stereocenters. The number of benzene rings is 1. The van der Waals surface area contributed by atoms with Crippen molar-refractivity contribution in [3.63, 3.8) is 0 Å². The fraction of sp³-hybridized carbons (Fsp3) is 0.333. The lowest BCUT2D eigenvalue weighted by molar-refractivity contribution is -0.130. The van der Waals surface area contributed by atoms with E-state index in [4.69, 9.17) is 16.1 Å². The maximum atomic E-state index is 12.4. The first-order valence-corrected chi connectivity index (χ1v) is 8.90. The van der Waals surface area contributed by atoms with Crippen molar-refractivity contribution in [1.29, 1.82) is 0 Å². The normalized spacial score (nSPS) is 11.7.